The standard InChI is InChI=1S/C19H18F3N3OS/c1-12-9-16(19(20,21)22)15(10-23)18(24-12)27-11-17(26)25(3)13(2)14-7-5-4-6-8-14/h4-9,13H,11H2,1-3H3. The van der Waals surface area contributed by atoms with Gasteiger partial charge in [0.1, 0.15) is 11.1 Å². The lowest BCUT2D eigenvalue weighted by Crippen LogP contribution is -2.31. The SMILES string of the molecule is Cc1cc(C(F)(F)F)c(C#N)c(SCC(=O)N(C)C(C)c2ccccc2)n1. The highest BCUT2D eigenvalue weighted by atomic mass is 32.2. The largest absolute Gasteiger partial charge is 0.417 e. The molecule has 1 unspecified atom stereocenters. The number of carbonyl (C=O) groups excluding carboxylic acids is 1. The van der Waals surface area contributed by atoms with Gasteiger partial charge in [0.25, 0.3) is 0 Å². The molecular weight excluding hydrogens is 375 g/mol. The van der Waals surface area contributed by atoms with Crippen LogP contribution in [0.4, 0.5) is 13.2 Å². The molecule has 1 heterocycles. The highest BCUT2D eigenvalue weighted by Crippen LogP contribution is 2.36. The van der Waals surface area contributed by atoms with Gasteiger partial charge < -0.3 is 4.90 Å². The third kappa shape index (κ3) is 5.01. The van der Waals surface area contributed by atoms with Crippen LogP contribution < -0.4 is 0 Å². The Morgan fingerprint density at radius 2 is 1.96 bits per heavy atom. The molecule has 1 atom stereocenters. The maximum Gasteiger partial charge on any atom is 0.417 e. The zero-order valence-electron chi connectivity index (χ0n) is 15.0. The summed E-state index contributed by atoms with van der Waals surface area (Å²) in [5.41, 5.74) is -0.491. The molecule has 0 fully saturated rings. The van der Waals surface area contributed by atoms with Crippen LogP contribution in [0.15, 0.2) is 41.4 Å². The summed E-state index contributed by atoms with van der Waals surface area (Å²) in [6, 6.07) is 11.6. The molecule has 0 N–H and O–H groups in total. The van der Waals surface area contributed by atoms with E-state index in [-0.39, 0.29) is 28.4 Å². The van der Waals surface area contributed by atoms with Gasteiger partial charge in [0.2, 0.25) is 5.91 Å². The van der Waals surface area contributed by atoms with Crippen LogP contribution in [0.2, 0.25) is 0 Å². The number of benzene rings is 1. The molecule has 0 radical (unpaired) electrons. The van der Waals surface area contributed by atoms with E-state index in [4.69, 9.17) is 5.26 Å². The normalized spacial score (nSPS) is 12.3. The number of nitrogens with zero attached hydrogens (tertiary/aromatic N) is 3. The Hall–Kier alpha value is -2.53. The van der Waals surface area contributed by atoms with Gasteiger partial charge >= 0.3 is 6.18 Å². The Balaban J connectivity index is 2.18. The van der Waals surface area contributed by atoms with Crippen LogP contribution in [-0.4, -0.2) is 28.6 Å². The zero-order valence-corrected chi connectivity index (χ0v) is 15.9. The molecule has 4 nitrogen and oxygen atoms in total. The molecule has 0 saturated heterocycles. The Bertz CT molecular complexity index is 863. The number of nitriles is 1. The third-order valence-electron chi connectivity index (χ3n) is 4.12. The number of alkyl halides is 3. The number of pyridine rings is 1. The van der Waals surface area contributed by atoms with Gasteiger partial charge in [-0.2, -0.15) is 18.4 Å². The van der Waals surface area contributed by atoms with Crippen molar-refractivity contribution in [3.8, 4) is 6.07 Å². The fourth-order valence-electron chi connectivity index (χ4n) is 2.48. The second-order valence-electron chi connectivity index (χ2n) is 5.98. The minimum absolute atomic E-state index is 0.0843. The average Bonchev–Trinajstić information content (AvgIpc) is 2.64. The zero-order chi connectivity index (χ0) is 20.2. The van der Waals surface area contributed by atoms with Crippen molar-refractivity contribution in [1.82, 2.24) is 9.88 Å². The van der Waals surface area contributed by atoms with Gasteiger partial charge in [-0.25, -0.2) is 4.98 Å². The third-order valence-corrected chi connectivity index (χ3v) is 5.08. The van der Waals surface area contributed by atoms with E-state index in [0.717, 1.165) is 23.4 Å². The first kappa shape index (κ1) is 20.8. The predicted molar refractivity (Wildman–Crippen MR) is 97.0 cm³/mol. The van der Waals surface area contributed by atoms with Crippen molar-refractivity contribution in [2.75, 3.05) is 12.8 Å². The molecule has 0 aliphatic heterocycles. The summed E-state index contributed by atoms with van der Waals surface area (Å²) < 4.78 is 39.5. The lowest BCUT2D eigenvalue weighted by atomic mass is 10.1. The first-order valence-electron chi connectivity index (χ1n) is 8.07. The van der Waals surface area contributed by atoms with Crippen LogP contribution in [0.1, 0.15) is 35.3 Å². The second-order valence-corrected chi connectivity index (χ2v) is 6.94. The maximum absolute atomic E-state index is 13.2. The molecule has 0 aliphatic rings. The van der Waals surface area contributed by atoms with Crippen LogP contribution in [0.3, 0.4) is 0 Å². The van der Waals surface area contributed by atoms with Gasteiger partial charge in [-0.15, -0.1) is 0 Å². The molecular formula is C19H18F3N3OS. The van der Waals surface area contributed by atoms with Gasteiger partial charge in [-0.3, -0.25) is 4.79 Å². The van der Waals surface area contributed by atoms with Crippen molar-refractivity contribution in [3.05, 3.63) is 58.8 Å². The summed E-state index contributed by atoms with van der Waals surface area (Å²) in [6.45, 7) is 3.29. The molecule has 1 aromatic carbocycles. The number of aryl methyl sites for hydroxylation is 1. The van der Waals surface area contributed by atoms with Crippen LogP contribution in [0.25, 0.3) is 0 Å². The van der Waals surface area contributed by atoms with E-state index in [1.807, 2.05) is 37.3 Å². The number of thioether (sulfide) groups is 1. The molecule has 0 saturated carbocycles. The molecule has 2 rings (SSSR count). The maximum atomic E-state index is 13.2. The Morgan fingerprint density at radius 1 is 1.33 bits per heavy atom. The first-order chi connectivity index (χ1) is 12.6. The summed E-state index contributed by atoms with van der Waals surface area (Å²) in [7, 11) is 1.64. The monoisotopic (exact) mass is 393 g/mol. The molecule has 8 heteroatoms. The minimum atomic E-state index is -4.66. The average molecular weight is 393 g/mol. The fraction of sp³-hybridized carbons (Fsp3) is 0.316. The molecule has 142 valence electrons. The molecule has 0 spiro atoms. The first-order valence-corrected chi connectivity index (χ1v) is 9.06. The number of amides is 1. The van der Waals surface area contributed by atoms with Crippen LogP contribution in [-0.2, 0) is 11.0 Å². The van der Waals surface area contributed by atoms with E-state index >= 15 is 0 Å². The molecule has 0 aliphatic carbocycles. The van der Waals surface area contributed by atoms with Gasteiger partial charge in [0.15, 0.2) is 0 Å². The number of hydrogen-bond donors (Lipinski definition) is 0. The molecule has 0 bridgehead atoms. The van der Waals surface area contributed by atoms with E-state index < -0.39 is 17.3 Å². The molecule has 1 aromatic heterocycles. The predicted octanol–water partition coefficient (Wildman–Crippen LogP) is 4.59. The highest BCUT2D eigenvalue weighted by Gasteiger charge is 2.35. The van der Waals surface area contributed by atoms with Crippen molar-refractivity contribution in [3.63, 3.8) is 0 Å². The lowest BCUT2D eigenvalue weighted by molar-refractivity contribution is -0.138. The summed E-state index contributed by atoms with van der Waals surface area (Å²) in [5, 5.41) is 9.08. The van der Waals surface area contributed by atoms with Crippen LogP contribution in [0, 0.1) is 18.3 Å². The molecule has 1 amide bonds. The van der Waals surface area contributed by atoms with Crippen molar-refractivity contribution in [2.45, 2.75) is 31.1 Å². The number of rotatable bonds is 5. The number of halogens is 3. The number of hydrogen-bond acceptors (Lipinski definition) is 4. The van der Waals surface area contributed by atoms with Crippen LogP contribution >= 0.6 is 11.8 Å². The van der Waals surface area contributed by atoms with E-state index in [1.54, 1.807) is 13.1 Å². The lowest BCUT2D eigenvalue weighted by Gasteiger charge is -2.25. The second kappa shape index (κ2) is 8.44. The van der Waals surface area contributed by atoms with Gasteiger partial charge in [-0.1, -0.05) is 42.1 Å². The molecule has 27 heavy (non-hydrogen) atoms. The smallest absolute Gasteiger partial charge is 0.338 e. The van der Waals surface area contributed by atoms with E-state index in [1.165, 1.54) is 11.8 Å². The van der Waals surface area contributed by atoms with Crippen molar-refractivity contribution in [1.29, 1.82) is 5.26 Å². The van der Waals surface area contributed by atoms with Crippen LogP contribution in [0.5, 0.6) is 0 Å². The van der Waals surface area contributed by atoms with Gasteiger partial charge in [0, 0.05) is 12.7 Å². The summed E-state index contributed by atoms with van der Waals surface area (Å²) >= 11 is 0.840. The van der Waals surface area contributed by atoms with E-state index in [0.29, 0.717) is 0 Å². The summed E-state index contributed by atoms with van der Waals surface area (Å²) in [6.07, 6.45) is -4.66. The van der Waals surface area contributed by atoms with Crippen molar-refractivity contribution in [2.24, 2.45) is 0 Å². The van der Waals surface area contributed by atoms with Gasteiger partial charge in [-0.05, 0) is 25.5 Å². The van der Waals surface area contributed by atoms with Gasteiger partial charge in [0.05, 0.1) is 22.9 Å². The quantitative estimate of drug-likeness (QED) is 0.697. The number of carbonyl (C=O) groups is 1. The molecule has 2 aromatic rings. The van der Waals surface area contributed by atoms with E-state index in [9.17, 15) is 18.0 Å². The summed E-state index contributed by atoms with van der Waals surface area (Å²) in [5.74, 6) is -0.382. The fourth-order valence-corrected chi connectivity index (χ4v) is 3.46. The summed E-state index contributed by atoms with van der Waals surface area (Å²) in [4.78, 5) is 18.0. The van der Waals surface area contributed by atoms with Crippen molar-refractivity contribution >= 4 is 17.7 Å². The number of aromatic nitrogens is 1. The van der Waals surface area contributed by atoms with Crippen molar-refractivity contribution < 1.29 is 18.0 Å². The topological polar surface area (TPSA) is 57.0 Å². The van der Waals surface area contributed by atoms with E-state index in [2.05, 4.69) is 4.98 Å². The Morgan fingerprint density at radius 3 is 2.52 bits per heavy atom. The Labute approximate surface area is 160 Å². The Kier molecular flexibility index (Phi) is 6.50. The minimum Gasteiger partial charge on any atom is -0.338 e. The highest BCUT2D eigenvalue weighted by molar-refractivity contribution is 8.00.